The fraction of sp³-hybridized carbons (Fsp3) is 0.250. The van der Waals surface area contributed by atoms with Crippen molar-refractivity contribution in [3.05, 3.63) is 113 Å². The van der Waals surface area contributed by atoms with E-state index >= 15 is 0 Å². The third-order valence-electron chi connectivity index (χ3n) is 6.90. The third kappa shape index (κ3) is 6.63. The monoisotopic (exact) mass is 539 g/mol. The highest BCUT2D eigenvalue weighted by Gasteiger charge is 2.27. The minimum atomic E-state index is -0.415. The second-order valence-electron chi connectivity index (χ2n) is 9.52. The maximum Gasteiger partial charge on any atom is 0.350 e. The van der Waals surface area contributed by atoms with Gasteiger partial charge in [-0.2, -0.15) is 0 Å². The molecule has 1 saturated heterocycles. The summed E-state index contributed by atoms with van der Waals surface area (Å²) in [5.41, 5.74) is 4.05. The Bertz CT molecular complexity index is 1330. The zero-order chi connectivity index (χ0) is 27.0. The molecule has 1 aromatic heterocycles. The number of esters is 1. The first-order chi connectivity index (χ1) is 19.1. The first kappa shape index (κ1) is 26.8. The molecule has 0 atom stereocenters. The SMILES string of the molecule is CCOC(=O)c1sc(-c2ccccc2)cc1NC(=O)CN1CCN(C(c2ccccc2)c2ccccc2)CC1. The van der Waals surface area contributed by atoms with Gasteiger partial charge in [0.15, 0.2) is 0 Å². The second kappa shape index (κ2) is 12.8. The smallest absolute Gasteiger partial charge is 0.350 e. The normalized spacial score (nSPS) is 14.3. The number of ether oxygens (including phenoxy) is 1. The van der Waals surface area contributed by atoms with Gasteiger partial charge in [-0.3, -0.25) is 14.6 Å². The molecule has 2 heterocycles. The molecule has 1 fully saturated rings. The van der Waals surface area contributed by atoms with Crippen LogP contribution in [-0.2, 0) is 9.53 Å². The van der Waals surface area contributed by atoms with Crippen molar-refractivity contribution in [1.82, 2.24) is 9.80 Å². The van der Waals surface area contributed by atoms with Gasteiger partial charge < -0.3 is 10.1 Å². The summed E-state index contributed by atoms with van der Waals surface area (Å²) < 4.78 is 5.26. The number of nitrogens with one attached hydrogen (secondary N) is 1. The van der Waals surface area contributed by atoms with Crippen molar-refractivity contribution in [2.75, 3.05) is 44.6 Å². The summed E-state index contributed by atoms with van der Waals surface area (Å²) in [6, 6.07) is 33.1. The van der Waals surface area contributed by atoms with Crippen molar-refractivity contribution in [2.45, 2.75) is 13.0 Å². The highest BCUT2D eigenvalue weighted by Crippen LogP contribution is 2.35. The Balaban J connectivity index is 1.24. The van der Waals surface area contributed by atoms with Crippen LogP contribution in [0.2, 0.25) is 0 Å². The molecule has 200 valence electrons. The van der Waals surface area contributed by atoms with Crippen LogP contribution in [-0.4, -0.2) is 61.0 Å². The zero-order valence-corrected chi connectivity index (χ0v) is 22.9. The summed E-state index contributed by atoms with van der Waals surface area (Å²) in [5, 5.41) is 2.99. The van der Waals surface area contributed by atoms with E-state index in [1.807, 2.05) is 48.5 Å². The molecule has 0 bridgehead atoms. The minimum Gasteiger partial charge on any atom is -0.462 e. The Morgan fingerprint density at radius 3 is 1.97 bits per heavy atom. The molecule has 7 heteroatoms. The fourth-order valence-corrected chi connectivity index (χ4v) is 6.05. The van der Waals surface area contributed by atoms with E-state index < -0.39 is 5.97 Å². The molecular weight excluding hydrogens is 506 g/mol. The molecular formula is C32H33N3O3S. The van der Waals surface area contributed by atoms with Crippen LogP contribution >= 0.6 is 11.3 Å². The van der Waals surface area contributed by atoms with Gasteiger partial charge in [0.25, 0.3) is 0 Å². The van der Waals surface area contributed by atoms with Crippen LogP contribution in [0.25, 0.3) is 10.4 Å². The molecule has 3 aromatic carbocycles. The van der Waals surface area contributed by atoms with Gasteiger partial charge in [0.05, 0.1) is 24.9 Å². The summed E-state index contributed by atoms with van der Waals surface area (Å²) in [6.45, 7) is 5.61. The van der Waals surface area contributed by atoms with E-state index in [9.17, 15) is 9.59 Å². The fourth-order valence-electron chi connectivity index (χ4n) is 5.03. The molecule has 0 aliphatic carbocycles. The summed E-state index contributed by atoms with van der Waals surface area (Å²) in [7, 11) is 0. The Kier molecular flexibility index (Phi) is 8.83. The number of piperazine rings is 1. The van der Waals surface area contributed by atoms with Gasteiger partial charge in [-0.15, -0.1) is 11.3 Å². The first-order valence-corrected chi connectivity index (χ1v) is 14.2. The number of amides is 1. The van der Waals surface area contributed by atoms with Gasteiger partial charge in [0.2, 0.25) is 5.91 Å². The van der Waals surface area contributed by atoms with Crippen molar-refractivity contribution in [2.24, 2.45) is 0 Å². The minimum absolute atomic E-state index is 0.130. The van der Waals surface area contributed by atoms with E-state index in [1.165, 1.54) is 22.5 Å². The summed E-state index contributed by atoms with van der Waals surface area (Å²) in [5.74, 6) is -0.546. The average Bonchev–Trinajstić information content (AvgIpc) is 3.39. The number of benzene rings is 3. The molecule has 1 aliphatic heterocycles. The van der Waals surface area contributed by atoms with Crippen molar-refractivity contribution in [3.63, 3.8) is 0 Å². The number of anilines is 1. The van der Waals surface area contributed by atoms with Crippen LogP contribution in [0, 0.1) is 0 Å². The predicted octanol–water partition coefficient (Wildman–Crippen LogP) is 5.94. The highest BCUT2D eigenvalue weighted by atomic mass is 32.1. The number of carbonyl (C=O) groups is 2. The van der Waals surface area contributed by atoms with Gasteiger partial charge in [-0.1, -0.05) is 91.0 Å². The molecule has 5 rings (SSSR count). The summed E-state index contributed by atoms with van der Waals surface area (Å²) >= 11 is 1.34. The van der Waals surface area contributed by atoms with Gasteiger partial charge in [-0.25, -0.2) is 4.79 Å². The lowest BCUT2D eigenvalue weighted by Gasteiger charge is -2.39. The lowest BCUT2D eigenvalue weighted by molar-refractivity contribution is -0.117. The lowest BCUT2D eigenvalue weighted by atomic mass is 9.96. The van der Waals surface area contributed by atoms with Crippen LogP contribution in [0.4, 0.5) is 5.69 Å². The highest BCUT2D eigenvalue weighted by molar-refractivity contribution is 7.18. The van der Waals surface area contributed by atoms with Crippen LogP contribution in [0.3, 0.4) is 0 Å². The molecule has 1 amide bonds. The van der Waals surface area contributed by atoms with Crippen molar-refractivity contribution in [3.8, 4) is 10.4 Å². The Morgan fingerprint density at radius 2 is 1.41 bits per heavy atom. The van der Waals surface area contributed by atoms with Crippen LogP contribution in [0.1, 0.15) is 33.8 Å². The summed E-state index contributed by atoms with van der Waals surface area (Å²) in [6.07, 6.45) is 0. The molecule has 39 heavy (non-hydrogen) atoms. The predicted molar refractivity (Wildman–Crippen MR) is 157 cm³/mol. The number of thiophene rings is 1. The van der Waals surface area contributed by atoms with Crippen LogP contribution in [0.15, 0.2) is 97.1 Å². The van der Waals surface area contributed by atoms with Gasteiger partial charge in [0.1, 0.15) is 4.88 Å². The van der Waals surface area contributed by atoms with E-state index in [0.717, 1.165) is 36.6 Å². The van der Waals surface area contributed by atoms with Gasteiger partial charge in [-0.05, 0) is 29.7 Å². The molecule has 0 saturated carbocycles. The number of hydrogen-bond donors (Lipinski definition) is 1. The van der Waals surface area contributed by atoms with E-state index in [-0.39, 0.29) is 25.1 Å². The quantitative estimate of drug-likeness (QED) is 0.267. The van der Waals surface area contributed by atoms with Gasteiger partial charge in [0, 0.05) is 31.1 Å². The maximum absolute atomic E-state index is 13.1. The molecule has 1 aliphatic rings. The van der Waals surface area contributed by atoms with E-state index in [1.54, 1.807) is 6.92 Å². The molecule has 0 radical (unpaired) electrons. The first-order valence-electron chi connectivity index (χ1n) is 13.3. The number of nitrogens with zero attached hydrogens (tertiary/aromatic N) is 2. The van der Waals surface area contributed by atoms with Crippen molar-refractivity contribution in [1.29, 1.82) is 0 Å². The van der Waals surface area contributed by atoms with E-state index in [4.69, 9.17) is 4.74 Å². The third-order valence-corrected chi connectivity index (χ3v) is 8.06. The number of hydrogen-bond acceptors (Lipinski definition) is 6. The van der Waals surface area contributed by atoms with E-state index in [2.05, 4.69) is 63.6 Å². The Labute approximate surface area is 233 Å². The van der Waals surface area contributed by atoms with Crippen LogP contribution in [0.5, 0.6) is 0 Å². The molecule has 6 nitrogen and oxygen atoms in total. The number of carbonyl (C=O) groups excluding carboxylic acids is 2. The molecule has 1 N–H and O–H groups in total. The van der Waals surface area contributed by atoms with Crippen molar-refractivity contribution >= 4 is 28.9 Å². The molecule has 0 spiro atoms. The van der Waals surface area contributed by atoms with Crippen LogP contribution < -0.4 is 5.32 Å². The van der Waals surface area contributed by atoms with Gasteiger partial charge >= 0.3 is 5.97 Å². The Morgan fingerprint density at radius 1 is 0.846 bits per heavy atom. The Hall–Kier alpha value is -3.78. The van der Waals surface area contributed by atoms with Crippen molar-refractivity contribution < 1.29 is 14.3 Å². The zero-order valence-electron chi connectivity index (χ0n) is 22.1. The topological polar surface area (TPSA) is 61.9 Å². The number of rotatable bonds is 9. The largest absolute Gasteiger partial charge is 0.462 e. The second-order valence-corrected chi connectivity index (χ2v) is 10.6. The maximum atomic E-state index is 13.1. The summed E-state index contributed by atoms with van der Waals surface area (Å²) in [4.78, 5) is 31.7. The molecule has 4 aromatic rings. The molecule has 0 unspecified atom stereocenters. The standard InChI is InChI=1S/C32H33N3O3S/c1-2-38-32(37)31-27(22-28(39-31)24-12-6-3-7-13-24)33-29(36)23-34-18-20-35(21-19-34)30(25-14-8-4-9-15-25)26-16-10-5-11-17-26/h3-17,22,30H,2,18-21,23H2,1H3,(H,33,36). The average molecular weight is 540 g/mol. The lowest BCUT2D eigenvalue weighted by Crippen LogP contribution is -2.49. The van der Waals surface area contributed by atoms with E-state index in [0.29, 0.717) is 10.6 Å².